The second-order valence-electron chi connectivity index (χ2n) is 1.77. The highest BCUT2D eigenvalue weighted by Crippen LogP contribution is 1.91. The van der Waals surface area contributed by atoms with E-state index >= 15 is 0 Å². The molecule has 1 N–H and O–H groups in total. The van der Waals surface area contributed by atoms with Crippen molar-refractivity contribution >= 4 is 0 Å². The Morgan fingerprint density at radius 2 is 2.33 bits per heavy atom. The van der Waals surface area contributed by atoms with Crippen LogP contribution < -0.4 is 0 Å². The Hall–Kier alpha value is -0.340. The van der Waals surface area contributed by atoms with Gasteiger partial charge in [0.25, 0.3) is 0 Å². The van der Waals surface area contributed by atoms with Gasteiger partial charge in [-0.3, -0.25) is 0 Å². The standard InChI is InChI=1S/C7H14O2/c1-3-5-6-9-7(8)4-2/h3,5,7-8H,4,6H2,1-2H3. The third-order valence-electron chi connectivity index (χ3n) is 0.970. The van der Waals surface area contributed by atoms with E-state index in [1.165, 1.54) is 0 Å². The van der Waals surface area contributed by atoms with Crippen LogP contribution in [0.25, 0.3) is 0 Å². The van der Waals surface area contributed by atoms with Crippen molar-refractivity contribution in [2.75, 3.05) is 6.61 Å². The normalized spacial score (nSPS) is 14.6. The number of ether oxygens (including phenoxy) is 1. The molecule has 0 aliphatic carbocycles. The van der Waals surface area contributed by atoms with Crippen molar-refractivity contribution in [1.82, 2.24) is 0 Å². The van der Waals surface area contributed by atoms with Crippen LogP contribution in [-0.2, 0) is 4.74 Å². The van der Waals surface area contributed by atoms with Crippen LogP contribution in [0, 0.1) is 0 Å². The Balaban J connectivity index is 3.06. The maximum atomic E-state index is 8.83. The van der Waals surface area contributed by atoms with Crippen LogP contribution in [0.5, 0.6) is 0 Å². The highest BCUT2D eigenvalue weighted by molar-refractivity contribution is 4.75. The van der Waals surface area contributed by atoms with Gasteiger partial charge in [0.05, 0.1) is 6.61 Å². The number of aliphatic hydroxyl groups is 1. The summed E-state index contributed by atoms with van der Waals surface area (Å²) in [6.45, 7) is 4.30. The molecule has 0 radical (unpaired) electrons. The molecule has 0 rings (SSSR count). The monoisotopic (exact) mass is 130 g/mol. The molecule has 0 spiro atoms. The molecule has 0 bridgehead atoms. The van der Waals surface area contributed by atoms with Crippen LogP contribution in [0.4, 0.5) is 0 Å². The number of rotatable bonds is 4. The van der Waals surface area contributed by atoms with Crippen molar-refractivity contribution in [2.24, 2.45) is 0 Å². The van der Waals surface area contributed by atoms with Crippen molar-refractivity contribution in [1.29, 1.82) is 0 Å². The van der Waals surface area contributed by atoms with E-state index in [9.17, 15) is 0 Å². The molecule has 1 unspecified atom stereocenters. The Kier molecular flexibility index (Phi) is 5.57. The summed E-state index contributed by atoms with van der Waals surface area (Å²) in [6.07, 6.45) is 3.81. The van der Waals surface area contributed by atoms with E-state index < -0.39 is 6.29 Å². The summed E-state index contributed by atoms with van der Waals surface area (Å²) in [6, 6.07) is 0. The summed E-state index contributed by atoms with van der Waals surface area (Å²) in [5.74, 6) is 0. The molecule has 0 aliphatic rings. The largest absolute Gasteiger partial charge is 0.368 e. The maximum Gasteiger partial charge on any atom is 0.154 e. The SMILES string of the molecule is CC=CCOC(O)CC. The topological polar surface area (TPSA) is 29.5 Å². The van der Waals surface area contributed by atoms with Gasteiger partial charge in [-0.25, -0.2) is 0 Å². The van der Waals surface area contributed by atoms with Crippen molar-refractivity contribution in [3.63, 3.8) is 0 Å². The first-order chi connectivity index (χ1) is 4.31. The minimum absolute atomic E-state index is 0.505. The molecular weight excluding hydrogens is 116 g/mol. The molecule has 0 amide bonds. The fourth-order valence-electron chi connectivity index (χ4n) is 0.381. The van der Waals surface area contributed by atoms with E-state index in [1.807, 2.05) is 26.0 Å². The Morgan fingerprint density at radius 1 is 1.67 bits per heavy atom. The van der Waals surface area contributed by atoms with Crippen molar-refractivity contribution in [3.05, 3.63) is 12.2 Å². The second kappa shape index (κ2) is 5.79. The zero-order valence-electron chi connectivity index (χ0n) is 6.00. The van der Waals surface area contributed by atoms with Gasteiger partial charge in [0, 0.05) is 0 Å². The van der Waals surface area contributed by atoms with Crippen LogP contribution >= 0.6 is 0 Å². The van der Waals surface area contributed by atoms with Gasteiger partial charge in [-0.15, -0.1) is 0 Å². The third-order valence-corrected chi connectivity index (χ3v) is 0.970. The minimum atomic E-state index is -0.596. The number of hydrogen-bond donors (Lipinski definition) is 1. The predicted octanol–water partition coefficient (Wildman–Crippen LogP) is 1.31. The van der Waals surface area contributed by atoms with E-state index in [1.54, 1.807) is 0 Å². The van der Waals surface area contributed by atoms with Gasteiger partial charge in [0.1, 0.15) is 0 Å². The molecule has 0 saturated carbocycles. The first kappa shape index (κ1) is 8.66. The summed E-state index contributed by atoms with van der Waals surface area (Å²) in [5, 5.41) is 8.83. The van der Waals surface area contributed by atoms with Crippen molar-refractivity contribution < 1.29 is 9.84 Å². The van der Waals surface area contributed by atoms with Gasteiger partial charge in [0.2, 0.25) is 0 Å². The lowest BCUT2D eigenvalue weighted by atomic mass is 10.5. The van der Waals surface area contributed by atoms with Gasteiger partial charge < -0.3 is 9.84 Å². The fraction of sp³-hybridized carbons (Fsp3) is 0.714. The van der Waals surface area contributed by atoms with Gasteiger partial charge in [0.15, 0.2) is 6.29 Å². The van der Waals surface area contributed by atoms with Gasteiger partial charge >= 0.3 is 0 Å². The second-order valence-corrected chi connectivity index (χ2v) is 1.77. The molecule has 0 fully saturated rings. The van der Waals surface area contributed by atoms with Crippen LogP contribution in [0.3, 0.4) is 0 Å². The quantitative estimate of drug-likeness (QED) is 0.459. The number of allylic oxidation sites excluding steroid dienone is 1. The van der Waals surface area contributed by atoms with Gasteiger partial charge in [-0.05, 0) is 13.3 Å². The molecule has 0 saturated heterocycles. The molecule has 2 heteroatoms. The average Bonchev–Trinajstić information content (AvgIpc) is 1.89. The summed E-state index contributed by atoms with van der Waals surface area (Å²) in [7, 11) is 0. The van der Waals surface area contributed by atoms with Crippen molar-refractivity contribution in [3.8, 4) is 0 Å². The molecule has 54 valence electrons. The molecule has 0 aromatic heterocycles. The van der Waals surface area contributed by atoms with Crippen LogP contribution in [0.15, 0.2) is 12.2 Å². The highest BCUT2D eigenvalue weighted by atomic mass is 16.6. The molecule has 0 heterocycles. The number of aliphatic hydroxyl groups excluding tert-OH is 1. The zero-order valence-corrected chi connectivity index (χ0v) is 6.00. The smallest absolute Gasteiger partial charge is 0.154 e. The molecule has 0 aromatic carbocycles. The Bertz CT molecular complexity index is 79.0. The first-order valence-corrected chi connectivity index (χ1v) is 3.22. The Morgan fingerprint density at radius 3 is 2.78 bits per heavy atom. The predicted molar refractivity (Wildman–Crippen MR) is 37.1 cm³/mol. The molecule has 2 nitrogen and oxygen atoms in total. The van der Waals surface area contributed by atoms with Crippen LogP contribution in [0.2, 0.25) is 0 Å². The van der Waals surface area contributed by atoms with E-state index in [0.717, 1.165) is 0 Å². The van der Waals surface area contributed by atoms with Gasteiger partial charge in [-0.1, -0.05) is 19.1 Å². The van der Waals surface area contributed by atoms with E-state index in [-0.39, 0.29) is 0 Å². The van der Waals surface area contributed by atoms with E-state index in [0.29, 0.717) is 13.0 Å². The third kappa shape index (κ3) is 5.53. The van der Waals surface area contributed by atoms with Crippen molar-refractivity contribution in [2.45, 2.75) is 26.6 Å². The molecule has 9 heavy (non-hydrogen) atoms. The summed E-state index contributed by atoms with van der Waals surface area (Å²) in [4.78, 5) is 0. The van der Waals surface area contributed by atoms with Crippen LogP contribution in [-0.4, -0.2) is 18.0 Å². The van der Waals surface area contributed by atoms with Crippen LogP contribution in [0.1, 0.15) is 20.3 Å². The molecule has 0 aliphatic heterocycles. The molecule has 1 atom stereocenters. The highest BCUT2D eigenvalue weighted by Gasteiger charge is 1.95. The molecule has 0 aromatic rings. The first-order valence-electron chi connectivity index (χ1n) is 3.22. The lowest BCUT2D eigenvalue weighted by Crippen LogP contribution is -2.09. The van der Waals surface area contributed by atoms with E-state index in [2.05, 4.69) is 0 Å². The lowest BCUT2D eigenvalue weighted by molar-refractivity contribution is -0.0897. The van der Waals surface area contributed by atoms with E-state index in [4.69, 9.17) is 9.84 Å². The lowest BCUT2D eigenvalue weighted by Gasteiger charge is -2.05. The number of hydrogen-bond acceptors (Lipinski definition) is 2. The zero-order chi connectivity index (χ0) is 7.11. The van der Waals surface area contributed by atoms with Gasteiger partial charge in [-0.2, -0.15) is 0 Å². The summed E-state index contributed by atoms with van der Waals surface area (Å²) in [5.41, 5.74) is 0. The summed E-state index contributed by atoms with van der Waals surface area (Å²) < 4.78 is 4.90. The summed E-state index contributed by atoms with van der Waals surface area (Å²) >= 11 is 0. The average molecular weight is 130 g/mol. The minimum Gasteiger partial charge on any atom is -0.368 e. The fourth-order valence-corrected chi connectivity index (χ4v) is 0.381. The maximum absolute atomic E-state index is 8.83. The molecular formula is C7H14O2. The Labute approximate surface area is 56.1 Å².